The summed E-state index contributed by atoms with van der Waals surface area (Å²) in [6.07, 6.45) is 1.83. The predicted molar refractivity (Wildman–Crippen MR) is 113 cm³/mol. The van der Waals surface area contributed by atoms with Gasteiger partial charge in [0.05, 0.1) is 24.8 Å². The van der Waals surface area contributed by atoms with Gasteiger partial charge in [0.25, 0.3) is 0 Å². The lowest BCUT2D eigenvalue weighted by Gasteiger charge is -2.12. The van der Waals surface area contributed by atoms with Crippen LogP contribution in [0.2, 0.25) is 0 Å². The molecule has 0 aliphatic carbocycles. The van der Waals surface area contributed by atoms with Gasteiger partial charge >= 0.3 is 0 Å². The first-order chi connectivity index (χ1) is 14.3. The van der Waals surface area contributed by atoms with Gasteiger partial charge in [-0.3, -0.25) is 0 Å². The zero-order valence-electron chi connectivity index (χ0n) is 16.3. The standard InChI is InChI=1S/C24H23FN2O2/c1-28-22-10-4-5-11-23(22)29-17-7-6-16-27-21-9-3-2-8-20(21)26-24(27)18-12-14-19(25)15-13-18/h2-5,8-15H,6-7,16-17H2,1H3. The molecule has 0 aliphatic rings. The van der Waals surface area contributed by atoms with Crippen molar-refractivity contribution in [1.29, 1.82) is 0 Å². The molecular weight excluding hydrogens is 367 g/mol. The van der Waals surface area contributed by atoms with Crippen LogP contribution in [0.25, 0.3) is 22.4 Å². The number of imidazole rings is 1. The third-order valence-corrected chi connectivity index (χ3v) is 4.86. The van der Waals surface area contributed by atoms with Crippen molar-refractivity contribution < 1.29 is 13.9 Å². The molecule has 0 atom stereocenters. The number of halogens is 1. The van der Waals surface area contributed by atoms with Gasteiger partial charge in [-0.2, -0.15) is 0 Å². The molecule has 0 saturated carbocycles. The Hall–Kier alpha value is -3.34. The van der Waals surface area contributed by atoms with E-state index in [-0.39, 0.29) is 5.82 Å². The number of aromatic nitrogens is 2. The van der Waals surface area contributed by atoms with Crippen molar-refractivity contribution in [3.8, 4) is 22.9 Å². The molecule has 5 heteroatoms. The molecule has 4 nitrogen and oxygen atoms in total. The number of benzene rings is 3. The lowest BCUT2D eigenvalue weighted by molar-refractivity contribution is 0.284. The molecule has 0 radical (unpaired) electrons. The molecule has 0 aliphatic heterocycles. The number of hydrogen-bond acceptors (Lipinski definition) is 3. The van der Waals surface area contributed by atoms with Gasteiger partial charge in [-0.25, -0.2) is 9.37 Å². The summed E-state index contributed by atoms with van der Waals surface area (Å²) < 4.78 is 26.7. The smallest absolute Gasteiger partial charge is 0.161 e. The number of nitrogens with zero attached hydrogens (tertiary/aromatic N) is 2. The number of fused-ring (bicyclic) bond motifs is 1. The van der Waals surface area contributed by atoms with Crippen molar-refractivity contribution in [2.24, 2.45) is 0 Å². The van der Waals surface area contributed by atoms with Crippen LogP contribution >= 0.6 is 0 Å². The van der Waals surface area contributed by atoms with Gasteiger partial charge in [0.1, 0.15) is 11.6 Å². The first-order valence-corrected chi connectivity index (χ1v) is 9.73. The zero-order chi connectivity index (χ0) is 20.1. The summed E-state index contributed by atoms with van der Waals surface area (Å²) in [5.41, 5.74) is 2.93. The molecule has 4 rings (SSSR count). The summed E-state index contributed by atoms with van der Waals surface area (Å²) in [7, 11) is 1.64. The van der Waals surface area contributed by atoms with E-state index in [0.29, 0.717) is 6.61 Å². The Morgan fingerprint density at radius 1 is 0.862 bits per heavy atom. The summed E-state index contributed by atoms with van der Waals surface area (Å²) in [5.74, 6) is 2.11. The summed E-state index contributed by atoms with van der Waals surface area (Å²) in [6, 6.07) is 22.2. The van der Waals surface area contributed by atoms with Crippen LogP contribution in [0.3, 0.4) is 0 Å². The van der Waals surface area contributed by atoms with E-state index in [9.17, 15) is 4.39 Å². The molecule has 148 valence electrons. The molecule has 0 amide bonds. The van der Waals surface area contributed by atoms with Crippen molar-refractivity contribution >= 4 is 11.0 Å². The number of hydrogen-bond donors (Lipinski definition) is 0. The van der Waals surface area contributed by atoms with Crippen molar-refractivity contribution in [3.05, 3.63) is 78.6 Å². The minimum atomic E-state index is -0.245. The second-order valence-corrected chi connectivity index (χ2v) is 6.79. The quantitative estimate of drug-likeness (QED) is 0.362. The van der Waals surface area contributed by atoms with Crippen molar-refractivity contribution in [2.75, 3.05) is 13.7 Å². The maximum atomic E-state index is 13.3. The molecule has 0 spiro atoms. The molecule has 0 N–H and O–H groups in total. The third-order valence-electron chi connectivity index (χ3n) is 4.86. The highest BCUT2D eigenvalue weighted by Gasteiger charge is 2.12. The molecule has 0 unspecified atom stereocenters. The lowest BCUT2D eigenvalue weighted by Crippen LogP contribution is -2.04. The van der Waals surface area contributed by atoms with Crippen LogP contribution < -0.4 is 9.47 Å². The monoisotopic (exact) mass is 390 g/mol. The Morgan fingerprint density at radius 3 is 2.38 bits per heavy atom. The number of ether oxygens (including phenoxy) is 2. The highest BCUT2D eigenvalue weighted by atomic mass is 19.1. The Labute approximate surface area is 169 Å². The molecule has 4 aromatic rings. The Bertz CT molecular complexity index is 1090. The van der Waals surface area contributed by atoms with E-state index in [0.717, 1.165) is 53.3 Å². The number of methoxy groups -OCH3 is 1. The average molecular weight is 390 g/mol. The largest absolute Gasteiger partial charge is 0.493 e. The van der Waals surface area contributed by atoms with Crippen LogP contribution in [0, 0.1) is 5.82 Å². The topological polar surface area (TPSA) is 36.3 Å². The number of rotatable bonds is 8. The maximum absolute atomic E-state index is 13.3. The van der Waals surface area contributed by atoms with E-state index < -0.39 is 0 Å². The fourth-order valence-electron chi connectivity index (χ4n) is 3.41. The number of unbranched alkanes of at least 4 members (excludes halogenated alkanes) is 1. The van der Waals surface area contributed by atoms with Crippen LogP contribution in [0.1, 0.15) is 12.8 Å². The van der Waals surface area contributed by atoms with Crippen LogP contribution in [-0.4, -0.2) is 23.3 Å². The molecule has 3 aromatic carbocycles. The number of aryl methyl sites for hydroxylation is 1. The van der Waals surface area contributed by atoms with Gasteiger partial charge < -0.3 is 14.0 Å². The molecular formula is C24H23FN2O2. The molecule has 1 heterocycles. The third kappa shape index (κ3) is 4.24. The van der Waals surface area contributed by atoms with Gasteiger partial charge in [0.15, 0.2) is 11.5 Å². The van der Waals surface area contributed by atoms with Crippen LogP contribution in [-0.2, 0) is 6.54 Å². The van der Waals surface area contributed by atoms with Crippen molar-refractivity contribution in [1.82, 2.24) is 9.55 Å². The Balaban J connectivity index is 1.46. The number of para-hydroxylation sites is 4. The molecule has 29 heavy (non-hydrogen) atoms. The molecule has 0 fully saturated rings. The van der Waals surface area contributed by atoms with E-state index in [2.05, 4.69) is 10.6 Å². The van der Waals surface area contributed by atoms with Crippen LogP contribution in [0.4, 0.5) is 4.39 Å². The normalized spacial score (nSPS) is 11.0. The Morgan fingerprint density at radius 2 is 1.59 bits per heavy atom. The second-order valence-electron chi connectivity index (χ2n) is 6.79. The summed E-state index contributed by atoms with van der Waals surface area (Å²) in [5, 5.41) is 0. The zero-order valence-corrected chi connectivity index (χ0v) is 16.3. The van der Waals surface area contributed by atoms with Gasteiger partial charge in [-0.05, 0) is 61.4 Å². The SMILES string of the molecule is COc1ccccc1OCCCCn1c(-c2ccc(F)cc2)nc2ccccc21. The van der Waals surface area contributed by atoms with Crippen molar-refractivity contribution in [2.45, 2.75) is 19.4 Å². The highest BCUT2D eigenvalue weighted by molar-refractivity contribution is 5.80. The fourth-order valence-corrected chi connectivity index (χ4v) is 3.41. The van der Waals surface area contributed by atoms with E-state index in [1.165, 1.54) is 12.1 Å². The average Bonchev–Trinajstić information content (AvgIpc) is 3.13. The second kappa shape index (κ2) is 8.78. The van der Waals surface area contributed by atoms with E-state index in [1.807, 2.05) is 42.5 Å². The first kappa shape index (κ1) is 19.0. The summed E-state index contributed by atoms with van der Waals surface area (Å²) >= 11 is 0. The van der Waals surface area contributed by atoms with Gasteiger partial charge in [0, 0.05) is 12.1 Å². The van der Waals surface area contributed by atoms with Crippen molar-refractivity contribution in [3.63, 3.8) is 0 Å². The van der Waals surface area contributed by atoms with Gasteiger partial charge in [-0.15, -0.1) is 0 Å². The predicted octanol–water partition coefficient (Wildman–Crippen LogP) is 5.71. The fraction of sp³-hybridized carbons (Fsp3) is 0.208. The minimum Gasteiger partial charge on any atom is -0.493 e. The summed E-state index contributed by atoms with van der Waals surface area (Å²) in [6.45, 7) is 1.42. The van der Waals surface area contributed by atoms with Crippen LogP contribution in [0.5, 0.6) is 11.5 Å². The minimum absolute atomic E-state index is 0.245. The maximum Gasteiger partial charge on any atom is 0.161 e. The summed E-state index contributed by atoms with van der Waals surface area (Å²) in [4.78, 5) is 4.77. The van der Waals surface area contributed by atoms with Crippen LogP contribution in [0.15, 0.2) is 72.8 Å². The molecule has 1 aromatic heterocycles. The van der Waals surface area contributed by atoms with E-state index in [1.54, 1.807) is 19.2 Å². The van der Waals surface area contributed by atoms with E-state index in [4.69, 9.17) is 14.5 Å². The van der Waals surface area contributed by atoms with Gasteiger partial charge in [-0.1, -0.05) is 24.3 Å². The molecule has 0 bridgehead atoms. The highest BCUT2D eigenvalue weighted by Crippen LogP contribution is 2.27. The first-order valence-electron chi connectivity index (χ1n) is 9.73. The Kier molecular flexibility index (Phi) is 5.75. The molecule has 0 saturated heterocycles. The van der Waals surface area contributed by atoms with E-state index >= 15 is 0 Å². The lowest BCUT2D eigenvalue weighted by atomic mass is 10.2. The van der Waals surface area contributed by atoms with Gasteiger partial charge in [0.2, 0.25) is 0 Å².